The number of aliphatic hydroxyl groups excluding tert-OH is 1. The van der Waals surface area contributed by atoms with E-state index < -0.39 is 0 Å². The van der Waals surface area contributed by atoms with E-state index in [9.17, 15) is 9.59 Å². The number of hydrogen-bond acceptors (Lipinski definition) is 9. The Morgan fingerprint density at radius 1 is 0.978 bits per heavy atom. The molecule has 0 aliphatic heterocycles. The van der Waals surface area contributed by atoms with Gasteiger partial charge in [-0.25, -0.2) is 4.98 Å². The Labute approximate surface area is 271 Å². The summed E-state index contributed by atoms with van der Waals surface area (Å²) in [6.07, 6.45) is 1.49. The molecule has 0 aliphatic carbocycles. The van der Waals surface area contributed by atoms with E-state index in [2.05, 4.69) is 39.6 Å². The quantitative estimate of drug-likeness (QED) is 0.127. The van der Waals surface area contributed by atoms with E-state index in [0.717, 1.165) is 48.1 Å². The maximum Gasteiger partial charge on any atom is 0.251 e. The number of thiazole rings is 1. The summed E-state index contributed by atoms with van der Waals surface area (Å²) in [4.78, 5) is 29.5. The van der Waals surface area contributed by atoms with Crippen molar-refractivity contribution in [2.75, 3.05) is 47.5 Å². The van der Waals surface area contributed by atoms with Crippen molar-refractivity contribution in [3.63, 3.8) is 0 Å². The van der Waals surface area contributed by atoms with E-state index in [1.165, 1.54) is 12.7 Å². The number of likely N-dealkylation sites (N-methyl/N-ethyl adjacent to an activating group) is 1. The van der Waals surface area contributed by atoms with Gasteiger partial charge in [-0.05, 0) is 69.8 Å². The molecule has 0 saturated heterocycles. The van der Waals surface area contributed by atoms with Crippen molar-refractivity contribution in [1.29, 1.82) is 0 Å². The number of nitrogens with zero attached hydrogens (tertiary/aromatic N) is 2. The molecule has 4 aromatic rings. The number of aldehydes is 1. The molecule has 45 heavy (non-hydrogen) atoms. The van der Waals surface area contributed by atoms with E-state index in [0.29, 0.717) is 36.3 Å². The summed E-state index contributed by atoms with van der Waals surface area (Å²) in [6, 6.07) is 22.9. The third-order valence-corrected chi connectivity index (χ3v) is 7.29. The number of carbonyl (C=O) groups excluding carboxylic acids is 2. The lowest BCUT2D eigenvalue weighted by atomic mass is 10.1. The lowest BCUT2D eigenvalue weighted by molar-refractivity contribution is 0.0953. The molecule has 3 aromatic carbocycles. The van der Waals surface area contributed by atoms with Crippen molar-refractivity contribution in [2.45, 2.75) is 33.4 Å². The van der Waals surface area contributed by atoms with Gasteiger partial charge in [0.25, 0.3) is 5.91 Å². The van der Waals surface area contributed by atoms with Crippen LogP contribution in [0.4, 0.5) is 0 Å². The van der Waals surface area contributed by atoms with Crippen molar-refractivity contribution in [3.8, 4) is 11.5 Å². The van der Waals surface area contributed by atoms with Gasteiger partial charge in [0.1, 0.15) is 22.8 Å². The number of aryl methyl sites for hydroxylation is 2. The van der Waals surface area contributed by atoms with Crippen molar-refractivity contribution in [2.24, 2.45) is 0 Å². The molecule has 0 bridgehead atoms. The zero-order valence-electron chi connectivity index (χ0n) is 26.9. The van der Waals surface area contributed by atoms with Gasteiger partial charge in [0.05, 0.1) is 27.4 Å². The minimum atomic E-state index is -0.222. The van der Waals surface area contributed by atoms with Gasteiger partial charge in [-0.1, -0.05) is 48.0 Å². The summed E-state index contributed by atoms with van der Waals surface area (Å²) in [5.74, 6) is 1.10. The van der Waals surface area contributed by atoms with Crippen LogP contribution in [-0.4, -0.2) is 74.7 Å². The van der Waals surface area contributed by atoms with Gasteiger partial charge in [0, 0.05) is 41.8 Å². The molecular formula is C35H46N4O5S. The zero-order valence-corrected chi connectivity index (χ0v) is 27.7. The Morgan fingerprint density at radius 2 is 1.73 bits per heavy atom. The van der Waals surface area contributed by atoms with Gasteiger partial charge < -0.3 is 25.2 Å². The fourth-order valence-electron chi connectivity index (χ4n) is 3.96. The molecule has 0 unspecified atom stereocenters. The molecule has 0 radical (unpaired) electrons. The van der Waals surface area contributed by atoms with Crippen LogP contribution in [0.5, 0.6) is 11.5 Å². The standard InChI is InChI=1S/C20H24N2O4.C8H14N2OS.C7H8/c1-25-18-6-3-5-15(10-18)13-21-7-4-8-22-20(24)17-9-16(14-23)11-19(12-17)26-2;1-7-6-12-8(9-7)5-10(2)3-4-11;1-7-5-3-2-4-6-7/h3,5-6,9-12,14,21H,4,7-8,13H2,1-2H3,(H,22,24);6,11H,3-5H2,1-2H3;2-6H,1H3. The molecule has 0 saturated carbocycles. The Hall–Kier alpha value is -4.09. The van der Waals surface area contributed by atoms with Crippen LogP contribution < -0.4 is 20.1 Å². The van der Waals surface area contributed by atoms with Gasteiger partial charge in [-0.2, -0.15) is 0 Å². The van der Waals surface area contributed by atoms with Crippen LogP contribution >= 0.6 is 11.3 Å². The van der Waals surface area contributed by atoms with E-state index in [1.54, 1.807) is 36.6 Å². The number of hydrogen-bond donors (Lipinski definition) is 3. The zero-order chi connectivity index (χ0) is 32.9. The molecule has 0 fully saturated rings. The van der Waals surface area contributed by atoms with Crippen LogP contribution in [0.15, 0.2) is 78.2 Å². The number of methoxy groups -OCH3 is 2. The minimum absolute atomic E-state index is 0.209. The lowest BCUT2D eigenvalue weighted by Gasteiger charge is -2.12. The van der Waals surface area contributed by atoms with E-state index >= 15 is 0 Å². The summed E-state index contributed by atoms with van der Waals surface area (Å²) in [5.41, 5.74) is 4.37. The fourth-order valence-corrected chi connectivity index (χ4v) is 4.81. The number of amides is 1. The highest BCUT2D eigenvalue weighted by atomic mass is 32.1. The number of aromatic nitrogens is 1. The molecule has 0 spiro atoms. The molecule has 1 aromatic heterocycles. The maximum atomic E-state index is 12.2. The van der Waals surface area contributed by atoms with Crippen LogP contribution in [-0.2, 0) is 13.1 Å². The monoisotopic (exact) mass is 634 g/mol. The largest absolute Gasteiger partial charge is 0.497 e. The molecule has 9 nitrogen and oxygen atoms in total. The lowest BCUT2D eigenvalue weighted by Crippen LogP contribution is -2.27. The third kappa shape index (κ3) is 15.5. The van der Waals surface area contributed by atoms with Crippen LogP contribution in [0.2, 0.25) is 0 Å². The van der Waals surface area contributed by atoms with Gasteiger partial charge in [0.15, 0.2) is 0 Å². The van der Waals surface area contributed by atoms with Gasteiger partial charge in [-0.3, -0.25) is 14.5 Å². The summed E-state index contributed by atoms with van der Waals surface area (Å²) in [5, 5.41) is 18.0. The van der Waals surface area contributed by atoms with Crippen molar-refractivity contribution < 1.29 is 24.2 Å². The minimum Gasteiger partial charge on any atom is -0.497 e. The van der Waals surface area contributed by atoms with Crippen molar-refractivity contribution in [1.82, 2.24) is 20.5 Å². The summed E-state index contributed by atoms with van der Waals surface area (Å²) < 4.78 is 10.3. The van der Waals surface area contributed by atoms with Gasteiger partial charge in [-0.15, -0.1) is 11.3 Å². The molecular weight excluding hydrogens is 588 g/mol. The Bertz CT molecular complexity index is 1410. The second kappa shape index (κ2) is 21.6. The first-order valence-electron chi connectivity index (χ1n) is 14.8. The SMILES string of the molecule is COc1cccc(CNCCCNC(=O)c2cc(C=O)cc(OC)c2)c1.Cc1ccccc1.Cc1csc(CN(C)CCO)n1. The number of benzene rings is 3. The van der Waals surface area contributed by atoms with Crippen molar-refractivity contribution in [3.05, 3.63) is 111 Å². The van der Waals surface area contributed by atoms with Crippen LogP contribution in [0.25, 0.3) is 0 Å². The molecule has 0 aliphatic rings. The Morgan fingerprint density at radius 3 is 2.33 bits per heavy atom. The average Bonchev–Trinajstić information content (AvgIpc) is 3.47. The van der Waals surface area contributed by atoms with Gasteiger partial charge >= 0.3 is 0 Å². The van der Waals surface area contributed by atoms with E-state index in [-0.39, 0.29) is 12.5 Å². The number of ether oxygens (including phenoxy) is 2. The highest BCUT2D eigenvalue weighted by Gasteiger charge is 2.09. The molecule has 10 heteroatoms. The predicted molar refractivity (Wildman–Crippen MR) is 181 cm³/mol. The summed E-state index contributed by atoms with van der Waals surface area (Å²) in [7, 11) is 5.13. The van der Waals surface area contributed by atoms with Crippen LogP contribution in [0.1, 0.15) is 49.0 Å². The average molecular weight is 635 g/mol. The molecule has 0 atom stereocenters. The first-order valence-corrected chi connectivity index (χ1v) is 15.6. The van der Waals surface area contributed by atoms with Crippen LogP contribution in [0, 0.1) is 13.8 Å². The van der Waals surface area contributed by atoms with Gasteiger partial charge in [0.2, 0.25) is 0 Å². The molecule has 3 N–H and O–H groups in total. The molecule has 1 amide bonds. The number of nitrogens with one attached hydrogen (secondary N) is 2. The topological polar surface area (TPSA) is 113 Å². The van der Waals surface area contributed by atoms with E-state index in [1.807, 2.05) is 61.8 Å². The summed E-state index contributed by atoms with van der Waals surface area (Å²) in [6.45, 7) is 7.88. The third-order valence-electron chi connectivity index (χ3n) is 6.34. The highest BCUT2D eigenvalue weighted by molar-refractivity contribution is 7.09. The first-order chi connectivity index (χ1) is 21.8. The normalized spacial score (nSPS) is 10.2. The van der Waals surface area contributed by atoms with Crippen molar-refractivity contribution >= 4 is 23.5 Å². The smallest absolute Gasteiger partial charge is 0.251 e. The van der Waals surface area contributed by atoms with Crippen LogP contribution in [0.3, 0.4) is 0 Å². The maximum absolute atomic E-state index is 12.2. The molecule has 1 heterocycles. The Balaban J connectivity index is 0.000000302. The number of carbonyl (C=O) groups is 2. The molecule has 242 valence electrons. The Kier molecular flexibility index (Phi) is 17.8. The number of aliphatic hydroxyl groups is 1. The van der Waals surface area contributed by atoms with E-state index in [4.69, 9.17) is 14.6 Å². The fraction of sp³-hybridized carbons (Fsp3) is 0.343. The highest BCUT2D eigenvalue weighted by Crippen LogP contribution is 2.16. The molecule has 4 rings (SSSR count). The second-order valence-electron chi connectivity index (χ2n) is 10.2. The number of rotatable bonds is 14. The predicted octanol–water partition coefficient (Wildman–Crippen LogP) is 5.30. The first kappa shape index (κ1) is 37.1. The summed E-state index contributed by atoms with van der Waals surface area (Å²) >= 11 is 1.67. The second-order valence-corrected chi connectivity index (χ2v) is 11.2.